The summed E-state index contributed by atoms with van der Waals surface area (Å²) >= 11 is 0.839. The maximum Gasteiger partial charge on any atom is 0.290 e. The molecule has 8 heteroatoms. The molecule has 0 unspecified atom stereocenters. The van der Waals surface area contributed by atoms with Gasteiger partial charge >= 0.3 is 0 Å². The van der Waals surface area contributed by atoms with Crippen molar-refractivity contribution < 1.29 is 23.9 Å². The Morgan fingerprint density at radius 1 is 1.18 bits per heavy atom. The normalized spacial score (nSPS) is 14.7. The van der Waals surface area contributed by atoms with E-state index in [2.05, 4.69) is 10.6 Å². The standard InChI is InChI=1S/C20H18N2O5S/c1-12-4-3-5-14(8-12)21-18(23)11-27-15-7-6-13(9-16(15)26-2)10-17-19(24)22-20(25)28-17/h3-10H,11H2,1-2H3,(H,21,23)(H,22,24,25)/b17-10+. The highest BCUT2D eigenvalue weighted by Gasteiger charge is 2.25. The van der Waals surface area contributed by atoms with Crippen molar-refractivity contribution >= 4 is 40.6 Å². The van der Waals surface area contributed by atoms with E-state index in [4.69, 9.17) is 9.47 Å². The molecule has 0 bridgehead atoms. The number of carbonyl (C=O) groups is 3. The van der Waals surface area contributed by atoms with Crippen LogP contribution in [0.15, 0.2) is 47.4 Å². The van der Waals surface area contributed by atoms with Crippen molar-refractivity contribution in [1.82, 2.24) is 5.32 Å². The fourth-order valence-corrected chi connectivity index (χ4v) is 3.21. The zero-order chi connectivity index (χ0) is 20.1. The average molecular weight is 398 g/mol. The maximum atomic E-state index is 12.1. The third-order valence-electron chi connectivity index (χ3n) is 3.79. The summed E-state index contributed by atoms with van der Waals surface area (Å²) in [5, 5.41) is 4.57. The number of hydrogen-bond acceptors (Lipinski definition) is 6. The Hall–Kier alpha value is -3.26. The van der Waals surface area contributed by atoms with Crippen LogP contribution in [-0.4, -0.2) is 30.8 Å². The lowest BCUT2D eigenvalue weighted by Gasteiger charge is -2.12. The molecule has 2 aromatic carbocycles. The van der Waals surface area contributed by atoms with Crippen LogP contribution >= 0.6 is 11.8 Å². The van der Waals surface area contributed by atoms with Gasteiger partial charge in [-0.05, 0) is 60.2 Å². The van der Waals surface area contributed by atoms with Gasteiger partial charge in [0.25, 0.3) is 17.1 Å². The molecule has 1 saturated heterocycles. The van der Waals surface area contributed by atoms with Gasteiger partial charge in [0, 0.05) is 5.69 Å². The molecule has 0 atom stereocenters. The maximum absolute atomic E-state index is 12.1. The predicted molar refractivity (Wildman–Crippen MR) is 107 cm³/mol. The van der Waals surface area contributed by atoms with Crippen LogP contribution in [0.4, 0.5) is 10.5 Å². The summed E-state index contributed by atoms with van der Waals surface area (Å²) in [6.45, 7) is 1.76. The number of thioether (sulfide) groups is 1. The Bertz CT molecular complexity index is 971. The van der Waals surface area contributed by atoms with E-state index < -0.39 is 11.1 Å². The molecule has 1 aliphatic rings. The highest BCUT2D eigenvalue weighted by Crippen LogP contribution is 2.31. The van der Waals surface area contributed by atoms with Gasteiger partial charge in [0.1, 0.15) is 0 Å². The third kappa shape index (κ3) is 4.92. The van der Waals surface area contributed by atoms with E-state index in [0.717, 1.165) is 17.3 Å². The van der Waals surface area contributed by atoms with Crippen LogP contribution in [0.2, 0.25) is 0 Å². The molecule has 0 radical (unpaired) electrons. The van der Waals surface area contributed by atoms with Gasteiger partial charge in [-0.3, -0.25) is 19.7 Å². The van der Waals surface area contributed by atoms with Gasteiger partial charge in [0.2, 0.25) is 0 Å². The largest absolute Gasteiger partial charge is 0.493 e. The number of rotatable bonds is 6. The molecular weight excluding hydrogens is 380 g/mol. The smallest absolute Gasteiger partial charge is 0.290 e. The lowest BCUT2D eigenvalue weighted by atomic mass is 10.2. The van der Waals surface area contributed by atoms with Gasteiger partial charge in [-0.15, -0.1) is 0 Å². The van der Waals surface area contributed by atoms with Gasteiger partial charge in [0.05, 0.1) is 12.0 Å². The van der Waals surface area contributed by atoms with E-state index >= 15 is 0 Å². The molecule has 0 spiro atoms. The minimum Gasteiger partial charge on any atom is -0.493 e. The summed E-state index contributed by atoms with van der Waals surface area (Å²) in [7, 11) is 1.48. The van der Waals surface area contributed by atoms with Crippen molar-refractivity contribution in [3.05, 3.63) is 58.5 Å². The summed E-state index contributed by atoms with van der Waals surface area (Å²) in [5.74, 6) is 0.0783. The second kappa shape index (κ2) is 8.62. The Labute approximate surface area is 166 Å². The zero-order valence-corrected chi connectivity index (χ0v) is 16.1. The first-order valence-electron chi connectivity index (χ1n) is 8.37. The number of aryl methyl sites for hydroxylation is 1. The SMILES string of the molecule is COc1cc(/C=C2/SC(=O)NC2=O)ccc1OCC(=O)Nc1cccc(C)c1. The minimum absolute atomic E-state index is 0.183. The highest BCUT2D eigenvalue weighted by atomic mass is 32.2. The second-order valence-corrected chi connectivity index (χ2v) is 6.98. The molecule has 2 aromatic rings. The lowest BCUT2D eigenvalue weighted by molar-refractivity contribution is -0.118. The van der Waals surface area contributed by atoms with Crippen molar-refractivity contribution in [3.8, 4) is 11.5 Å². The van der Waals surface area contributed by atoms with Gasteiger partial charge in [-0.1, -0.05) is 18.2 Å². The van der Waals surface area contributed by atoms with Crippen LogP contribution in [0, 0.1) is 6.92 Å². The first-order chi connectivity index (χ1) is 13.4. The average Bonchev–Trinajstić information content (AvgIpc) is 2.97. The molecule has 144 valence electrons. The number of amides is 3. The fraction of sp³-hybridized carbons (Fsp3) is 0.150. The molecule has 1 heterocycles. The van der Waals surface area contributed by atoms with Crippen LogP contribution < -0.4 is 20.1 Å². The number of hydrogen-bond donors (Lipinski definition) is 2. The van der Waals surface area contributed by atoms with Crippen LogP contribution in [0.1, 0.15) is 11.1 Å². The van der Waals surface area contributed by atoms with Crippen molar-refractivity contribution in [1.29, 1.82) is 0 Å². The first kappa shape index (κ1) is 19.5. The predicted octanol–water partition coefficient (Wildman–Crippen LogP) is 3.35. The lowest BCUT2D eigenvalue weighted by Crippen LogP contribution is -2.20. The van der Waals surface area contributed by atoms with Crippen LogP contribution in [0.25, 0.3) is 6.08 Å². The van der Waals surface area contributed by atoms with E-state index in [-0.39, 0.29) is 12.5 Å². The van der Waals surface area contributed by atoms with Crippen molar-refractivity contribution in [2.24, 2.45) is 0 Å². The monoisotopic (exact) mass is 398 g/mol. The van der Waals surface area contributed by atoms with Gasteiger partial charge < -0.3 is 14.8 Å². The van der Waals surface area contributed by atoms with E-state index in [9.17, 15) is 14.4 Å². The molecule has 28 heavy (non-hydrogen) atoms. The third-order valence-corrected chi connectivity index (χ3v) is 4.60. The topological polar surface area (TPSA) is 93.7 Å². The summed E-state index contributed by atoms with van der Waals surface area (Å²) in [6, 6.07) is 12.5. The van der Waals surface area contributed by atoms with Gasteiger partial charge in [-0.2, -0.15) is 0 Å². The van der Waals surface area contributed by atoms with Crippen molar-refractivity contribution in [2.45, 2.75) is 6.92 Å². The molecular formula is C20H18N2O5S. The van der Waals surface area contributed by atoms with Crippen LogP contribution in [-0.2, 0) is 9.59 Å². The molecule has 0 aromatic heterocycles. The Morgan fingerprint density at radius 3 is 2.68 bits per heavy atom. The van der Waals surface area contributed by atoms with E-state index in [1.807, 2.05) is 25.1 Å². The van der Waals surface area contributed by atoms with Crippen LogP contribution in [0.5, 0.6) is 11.5 Å². The number of anilines is 1. The van der Waals surface area contributed by atoms with E-state index in [1.54, 1.807) is 30.3 Å². The van der Waals surface area contributed by atoms with E-state index in [1.165, 1.54) is 7.11 Å². The van der Waals surface area contributed by atoms with Crippen LogP contribution in [0.3, 0.4) is 0 Å². The number of methoxy groups -OCH3 is 1. The summed E-state index contributed by atoms with van der Waals surface area (Å²) < 4.78 is 10.9. The zero-order valence-electron chi connectivity index (χ0n) is 15.3. The summed E-state index contributed by atoms with van der Waals surface area (Å²) in [5.41, 5.74) is 2.41. The molecule has 2 N–H and O–H groups in total. The molecule has 1 aliphatic heterocycles. The molecule has 7 nitrogen and oxygen atoms in total. The quantitative estimate of drug-likeness (QED) is 0.725. The Morgan fingerprint density at radius 2 is 2.00 bits per heavy atom. The van der Waals surface area contributed by atoms with E-state index in [0.29, 0.717) is 27.7 Å². The Kier molecular flexibility index (Phi) is 6.00. The minimum atomic E-state index is -0.429. The fourth-order valence-electron chi connectivity index (χ4n) is 2.53. The second-order valence-electron chi connectivity index (χ2n) is 5.97. The van der Waals surface area contributed by atoms with Crippen molar-refractivity contribution in [3.63, 3.8) is 0 Å². The molecule has 3 amide bonds. The number of nitrogens with one attached hydrogen (secondary N) is 2. The first-order valence-corrected chi connectivity index (χ1v) is 9.18. The van der Waals surface area contributed by atoms with Gasteiger partial charge in [-0.25, -0.2) is 0 Å². The number of carbonyl (C=O) groups excluding carboxylic acids is 3. The number of imide groups is 1. The molecule has 1 fully saturated rings. The Balaban J connectivity index is 1.65. The van der Waals surface area contributed by atoms with Gasteiger partial charge in [0.15, 0.2) is 18.1 Å². The highest BCUT2D eigenvalue weighted by molar-refractivity contribution is 8.18. The number of benzene rings is 2. The van der Waals surface area contributed by atoms with Crippen molar-refractivity contribution in [2.75, 3.05) is 19.0 Å². The molecule has 0 saturated carbocycles. The summed E-state index contributed by atoms with van der Waals surface area (Å²) in [6.07, 6.45) is 1.58. The summed E-state index contributed by atoms with van der Waals surface area (Å²) in [4.78, 5) is 35.3. The molecule has 3 rings (SSSR count). The molecule has 0 aliphatic carbocycles. The number of ether oxygens (including phenoxy) is 2.